The third-order valence-corrected chi connectivity index (χ3v) is 5.93. The molecule has 0 unspecified atom stereocenters. The minimum absolute atomic E-state index is 0.135. The highest BCUT2D eigenvalue weighted by Crippen LogP contribution is 2.29. The first-order chi connectivity index (χ1) is 16.5. The van der Waals surface area contributed by atoms with Crippen LogP contribution in [-0.4, -0.2) is 28.3 Å². The second kappa shape index (κ2) is 11.3. The lowest BCUT2D eigenvalue weighted by atomic mass is 10.1. The van der Waals surface area contributed by atoms with Gasteiger partial charge in [0.05, 0.1) is 42.4 Å². The van der Waals surface area contributed by atoms with E-state index in [-0.39, 0.29) is 11.9 Å². The predicted octanol–water partition coefficient (Wildman–Crippen LogP) is 6.57. The van der Waals surface area contributed by atoms with Gasteiger partial charge in [0.2, 0.25) is 0 Å². The first-order valence-electron chi connectivity index (χ1n) is 11.1. The van der Waals surface area contributed by atoms with Gasteiger partial charge < -0.3 is 10.1 Å². The van der Waals surface area contributed by atoms with Crippen molar-refractivity contribution in [3.8, 4) is 16.9 Å². The van der Waals surface area contributed by atoms with Crippen LogP contribution < -0.4 is 5.32 Å². The molecule has 1 atom stereocenters. The molecular formula is C27H25Cl2N3O2. The lowest BCUT2D eigenvalue weighted by molar-refractivity contribution is 0.0792. The monoisotopic (exact) mass is 493 g/mol. The number of aromatic nitrogens is 2. The second-order valence-electron chi connectivity index (χ2n) is 7.88. The molecule has 4 rings (SSSR count). The molecular weight excluding hydrogens is 469 g/mol. The average Bonchev–Trinajstić information content (AvgIpc) is 3.30. The molecule has 5 nitrogen and oxygen atoms in total. The summed E-state index contributed by atoms with van der Waals surface area (Å²) in [6, 6.07) is 24.5. The molecule has 1 heterocycles. The van der Waals surface area contributed by atoms with Gasteiger partial charge in [0, 0.05) is 15.6 Å². The highest BCUT2D eigenvalue weighted by atomic mass is 35.5. The largest absolute Gasteiger partial charge is 0.375 e. The van der Waals surface area contributed by atoms with Crippen LogP contribution >= 0.6 is 23.2 Å². The van der Waals surface area contributed by atoms with Crippen LogP contribution in [0.15, 0.2) is 85.1 Å². The molecule has 0 aliphatic carbocycles. The van der Waals surface area contributed by atoms with Gasteiger partial charge in [-0.25, -0.2) is 4.68 Å². The molecule has 174 valence electrons. The minimum Gasteiger partial charge on any atom is -0.375 e. The third-order valence-electron chi connectivity index (χ3n) is 5.44. The van der Waals surface area contributed by atoms with Crippen molar-refractivity contribution in [2.24, 2.45) is 0 Å². The number of hydrogen-bond acceptors (Lipinski definition) is 3. The number of ether oxygens (including phenoxy) is 1. The zero-order valence-corrected chi connectivity index (χ0v) is 20.3. The molecule has 34 heavy (non-hydrogen) atoms. The van der Waals surface area contributed by atoms with Gasteiger partial charge in [-0.3, -0.25) is 4.79 Å². The summed E-state index contributed by atoms with van der Waals surface area (Å²) >= 11 is 12.3. The quantitative estimate of drug-likeness (QED) is 0.286. The van der Waals surface area contributed by atoms with Crippen LogP contribution in [0.2, 0.25) is 10.0 Å². The molecule has 0 radical (unpaired) electrons. The summed E-state index contributed by atoms with van der Waals surface area (Å²) in [5.74, 6) is -0.214. The Balaban J connectivity index is 1.57. The van der Waals surface area contributed by atoms with Crippen molar-refractivity contribution in [1.29, 1.82) is 0 Å². The highest BCUT2D eigenvalue weighted by molar-refractivity contribution is 6.31. The minimum atomic E-state index is -0.214. The van der Waals surface area contributed by atoms with Crippen molar-refractivity contribution in [3.63, 3.8) is 0 Å². The topological polar surface area (TPSA) is 56.1 Å². The van der Waals surface area contributed by atoms with E-state index in [1.807, 2.05) is 67.6 Å². The van der Waals surface area contributed by atoms with Gasteiger partial charge in [-0.05, 0) is 42.3 Å². The predicted molar refractivity (Wildman–Crippen MR) is 137 cm³/mol. The van der Waals surface area contributed by atoms with Crippen molar-refractivity contribution in [2.75, 3.05) is 6.61 Å². The van der Waals surface area contributed by atoms with E-state index < -0.39 is 0 Å². The molecule has 0 fully saturated rings. The van der Waals surface area contributed by atoms with E-state index in [4.69, 9.17) is 27.9 Å². The van der Waals surface area contributed by atoms with Gasteiger partial charge in [0.25, 0.3) is 5.91 Å². The lowest BCUT2D eigenvalue weighted by Gasteiger charge is -2.18. The first kappa shape index (κ1) is 24.0. The van der Waals surface area contributed by atoms with Crippen LogP contribution in [0.25, 0.3) is 16.9 Å². The summed E-state index contributed by atoms with van der Waals surface area (Å²) in [7, 11) is 0. The molecule has 3 aromatic carbocycles. The van der Waals surface area contributed by atoms with Gasteiger partial charge in [-0.15, -0.1) is 0 Å². The molecule has 0 aliphatic rings. The van der Waals surface area contributed by atoms with Crippen molar-refractivity contribution in [1.82, 2.24) is 15.1 Å². The Morgan fingerprint density at radius 1 is 1.00 bits per heavy atom. The van der Waals surface area contributed by atoms with Crippen LogP contribution in [0.4, 0.5) is 0 Å². The summed E-state index contributed by atoms with van der Waals surface area (Å²) in [6.45, 7) is 2.93. The number of amides is 1. The van der Waals surface area contributed by atoms with E-state index >= 15 is 0 Å². The SMILES string of the molecule is CC[C@H](COCc1ccccc1)NC(=O)c1cnn(-c2cccc(Cl)c2)c1-c1ccc(Cl)cc1. The Morgan fingerprint density at radius 3 is 2.47 bits per heavy atom. The molecule has 4 aromatic rings. The van der Waals surface area contributed by atoms with Crippen molar-refractivity contribution in [3.05, 3.63) is 106 Å². The normalized spacial score (nSPS) is 11.9. The molecule has 7 heteroatoms. The van der Waals surface area contributed by atoms with E-state index in [0.29, 0.717) is 34.5 Å². The van der Waals surface area contributed by atoms with Crippen LogP contribution in [0.3, 0.4) is 0 Å². The van der Waals surface area contributed by atoms with Gasteiger partial charge in [0.15, 0.2) is 0 Å². The Hall–Kier alpha value is -3.12. The Kier molecular flexibility index (Phi) is 8.01. The molecule has 0 bridgehead atoms. The fourth-order valence-electron chi connectivity index (χ4n) is 3.62. The summed E-state index contributed by atoms with van der Waals surface area (Å²) in [6.07, 6.45) is 2.32. The molecule has 1 N–H and O–H groups in total. The van der Waals surface area contributed by atoms with Crippen LogP contribution in [-0.2, 0) is 11.3 Å². The molecule has 1 aromatic heterocycles. The molecule has 0 aliphatic heterocycles. The number of benzene rings is 3. The standard InChI is InChI=1S/C27H25Cl2N3O2/c1-2-23(18-34-17-19-7-4-3-5-8-19)31-27(33)25-16-30-32(24-10-6-9-22(29)15-24)26(25)20-11-13-21(28)14-12-20/h3-16,23H,2,17-18H2,1H3,(H,31,33)/t23-/m1/s1. The summed E-state index contributed by atoms with van der Waals surface area (Å²) in [5.41, 5.74) is 3.80. The number of rotatable bonds is 9. The van der Waals surface area contributed by atoms with E-state index in [0.717, 1.165) is 23.2 Å². The maximum absolute atomic E-state index is 13.3. The molecule has 1 amide bonds. The van der Waals surface area contributed by atoms with Crippen molar-refractivity contribution in [2.45, 2.75) is 26.0 Å². The van der Waals surface area contributed by atoms with Gasteiger partial charge in [-0.1, -0.05) is 78.7 Å². The average molecular weight is 494 g/mol. The van der Waals surface area contributed by atoms with Gasteiger partial charge in [-0.2, -0.15) is 5.10 Å². The van der Waals surface area contributed by atoms with Crippen LogP contribution in [0, 0.1) is 0 Å². The van der Waals surface area contributed by atoms with Crippen LogP contribution in [0.5, 0.6) is 0 Å². The van der Waals surface area contributed by atoms with E-state index in [2.05, 4.69) is 10.4 Å². The highest BCUT2D eigenvalue weighted by Gasteiger charge is 2.22. The summed E-state index contributed by atoms with van der Waals surface area (Å²) in [5, 5.41) is 8.81. The zero-order valence-electron chi connectivity index (χ0n) is 18.7. The molecule has 0 saturated carbocycles. The lowest BCUT2D eigenvalue weighted by Crippen LogP contribution is -2.37. The second-order valence-corrected chi connectivity index (χ2v) is 8.76. The number of carbonyl (C=O) groups is 1. The summed E-state index contributed by atoms with van der Waals surface area (Å²) < 4.78 is 7.58. The number of nitrogens with zero attached hydrogens (tertiary/aromatic N) is 2. The zero-order chi connectivity index (χ0) is 23.9. The van der Waals surface area contributed by atoms with Crippen LogP contribution in [0.1, 0.15) is 29.3 Å². The Labute approximate surface area is 209 Å². The number of nitrogens with one attached hydrogen (secondary N) is 1. The number of carbonyl (C=O) groups excluding carboxylic acids is 1. The maximum Gasteiger partial charge on any atom is 0.255 e. The Morgan fingerprint density at radius 2 is 1.76 bits per heavy atom. The summed E-state index contributed by atoms with van der Waals surface area (Å²) in [4.78, 5) is 13.3. The number of hydrogen-bond donors (Lipinski definition) is 1. The van der Waals surface area contributed by atoms with E-state index in [1.165, 1.54) is 0 Å². The smallest absolute Gasteiger partial charge is 0.255 e. The Bertz CT molecular complexity index is 1240. The third kappa shape index (κ3) is 5.86. The molecule has 0 saturated heterocycles. The first-order valence-corrected chi connectivity index (χ1v) is 11.8. The molecule has 0 spiro atoms. The van der Waals surface area contributed by atoms with Gasteiger partial charge >= 0.3 is 0 Å². The van der Waals surface area contributed by atoms with E-state index in [1.54, 1.807) is 29.1 Å². The fraction of sp³-hybridized carbons (Fsp3) is 0.185. The van der Waals surface area contributed by atoms with Gasteiger partial charge in [0.1, 0.15) is 0 Å². The van der Waals surface area contributed by atoms with E-state index in [9.17, 15) is 4.79 Å². The van der Waals surface area contributed by atoms with Crippen molar-refractivity contribution >= 4 is 29.1 Å². The van der Waals surface area contributed by atoms with Crippen molar-refractivity contribution < 1.29 is 9.53 Å². The fourth-order valence-corrected chi connectivity index (χ4v) is 3.93. The maximum atomic E-state index is 13.3. The number of halogens is 2.